The topological polar surface area (TPSA) is 88.6 Å². The Morgan fingerprint density at radius 3 is 2.52 bits per heavy atom. The van der Waals surface area contributed by atoms with Crippen LogP contribution in [-0.4, -0.2) is 19.0 Å². The summed E-state index contributed by atoms with van der Waals surface area (Å²) < 4.78 is 11.6. The minimum absolute atomic E-state index is 0.0183. The van der Waals surface area contributed by atoms with Crippen molar-refractivity contribution in [3.05, 3.63) is 75.7 Å². The van der Waals surface area contributed by atoms with Gasteiger partial charge in [0.2, 0.25) is 0 Å². The van der Waals surface area contributed by atoms with Crippen LogP contribution in [0.15, 0.2) is 65.1 Å². The molecule has 6 nitrogen and oxygen atoms in total. The second kappa shape index (κ2) is 9.60. The minimum atomic E-state index is -0.622. The second-order valence-electron chi connectivity index (χ2n) is 7.86. The third-order valence-corrected chi connectivity index (χ3v) is 6.15. The highest BCUT2D eigenvalue weighted by molar-refractivity contribution is 6.30. The normalized spacial score (nSPS) is 18.2. The van der Waals surface area contributed by atoms with Gasteiger partial charge in [-0.25, -0.2) is 0 Å². The molecule has 1 atom stereocenters. The largest absolute Gasteiger partial charge is 0.494 e. The van der Waals surface area contributed by atoms with E-state index in [9.17, 15) is 10.1 Å². The lowest BCUT2D eigenvalue weighted by Gasteiger charge is -2.40. The number of benzene rings is 2. The van der Waals surface area contributed by atoms with Crippen LogP contribution in [0.3, 0.4) is 0 Å². The van der Waals surface area contributed by atoms with Crippen molar-refractivity contribution in [2.75, 3.05) is 18.1 Å². The maximum atomic E-state index is 13.3. The quantitative estimate of drug-likeness (QED) is 0.613. The molecule has 0 fully saturated rings. The van der Waals surface area contributed by atoms with E-state index in [0.29, 0.717) is 65.1 Å². The number of allylic oxidation sites excluding steroid dienone is 3. The lowest BCUT2D eigenvalue weighted by Crippen LogP contribution is -2.38. The number of rotatable bonds is 6. The van der Waals surface area contributed by atoms with Gasteiger partial charge in [-0.15, -0.1) is 0 Å². The van der Waals surface area contributed by atoms with Crippen LogP contribution in [0.25, 0.3) is 0 Å². The number of carbonyl (C=O) groups excluding carboxylic acids is 1. The van der Waals surface area contributed by atoms with E-state index in [0.717, 1.165) is 17.8 Å². The molecule has 2 N–H and O–H groups in total. The number of hydrogen-bond donors (Lipinski definition) is 1. The number of anilines is 1. The average molecular weight is 464 g/mol. The highest BCUT2D eigenvalue weighted by Crippen LogP contribution is 2.49. The molecule has 1 unspecified atom stereocenters. The summed E-state index contributed by atoms with van der Waals surface area (Å²) in [5, 5.41) is 10.8. The van der Waals surface area contributed by atoms with Gasteiger partial charge in [-0.2, -0.15) is 5.26 Å². The predicted octanol–water partition coefficient (Wildman–Crippen LogP) is 5.44. The lowest BCUT2D eigenvalue weighted by atomic mass is 9.75. The van der Waals surface area contributed by atoms with Crippen LogP contribution in [0.4, 0.5) is 5.69 Å². The number of ketones is 1. The molecule has 0 saturated heterocycles. The molecule has 1 aliphatic carbocycles. The molecule has 2 aliphatic rings. The maximum Gasteiger partial charge on any atom is 0.161 e. The number of nitrogens with two attached hydrogens (primary N) is 1. The number of carbonyl (C=O) groups is 1. The van der Waals surface area contributed by atoms with Gasteiger partial charge in [0.05, 0.1) is 30.8 Å². The molecule has 2 aromatic rings. The molecule has 0 radical (unpaired) electrons. The Labute approximate surface area is 198 Å². The summed E-state index contributed by atoms with van der Waals surface area (Å²) in [7, 11) is 0. The van der Waals surface area contributed by atoms with E-state index in [1.54, 1.807) is 12.1 Å². The minimum Gasteiger partial charge on any atom is -0.494 e. The Bertz CT molecular complexity index is 1180. The van der Waals surface area contributed by atoms with Gasteiger partial charge in [0.15, 0.2) is 5.78 Å². The molecule has 33 heavy (non-hydrogen) atoms. The van der Waals surface area contributed by atoms with E-state index in [1.165, 1.54) is 0 Å². The Morgan fingerprint density at radius 1 is 1.12 bits per heavy atom. The standard InChI is InChI=1S/C26H26ClN3O3/c1-3-32-18-12-13-23(33-4-2)19(14-18)24-20(15-28)26(29)30(17-10-8-16(27)9-11-17)21-6-5-7-22(31)25(21)24/h8-14,24H,3-7,29H2,1-2H3. The van der Waals surface area contributed by atoms with Crippen molar-refractivity contribution in [1.82, 2.24) is 0 Å². The van der Waals surface area contributed by atoms with Crippen molar-refractivity contribution in [2.24, 2.45) is 5.73 Å². The highest BCUT2D eigenvalue weighted by atomic mass is 35.5. The smallest absolute Gasteiger partial charge is 0.161 e. The van der Waals surface area contributed by atoms with E-state index < -0.39 is 5.92 Å². The van der Waals surface area contributed by atoms with Crippen molar-refractivity contribution in [1.29, 1.82) is 5.26 Å². The summed E-state index contributed by atoms with van der Waals surface area (Å²) in [6.45, 7) is 4.75. The Morgan fingerprint density at radius 2 is 1.85 bits per heavy atom. The molecule has 0 bridgehead atoms. The summed E-state index contributed by atoms with van der Waals surface area (Å²) >= 11 is 6.09. The molecule has 0 amide bonds. The predicted molar refractivity (Wildman–Crippen MR) is 128 cm³/mol. The van der Waals surface area contributed by atoms with Gasteiger partial charge in [-0.3, -0.25) is 9.69 Å². The number of nitriles is 1. The summed E-state index contributed by atoms with van der Waals surface area (Å²) in [5.74, 6) is 0.963. The van der Waals surface area contributed by atoms with Crippen molar-refractivity contribution >= 4 is 23.1 Å². The number of nitrogens with zero attached hydrogens (tertiary/aromatic N) is 2. The van der Waals surface area contributed by atoms with Crippen LogP contribution in [0, 0.1) is 11.3 Å². The zero-order valence-corrected chi connectivity index (χ0v) is 19.5. The zero-order valence-electron chi connectivity index (χ0n) is 18.7. The first-order chi connectivity index (χ1) is 16.0. The fourth-order valence-electron chi connectivity index (χ4n) is 4.58. The van der Waals surface area contributed by atoms with E-state index in [-0.39, 0.29) is 5.78 Å². The Kier molecular flexibility index (Phi) is 6.62. The molecular formula is C26H26ClN3O3. The first-order valence-corrected chi connectivity index (χ1v) is 11.5. The maximum absolute atomic E-state index is 13.3. The molecule has 4 rings (SSSR count). The van der Waals surface area contributed by atoms with E-state index in [4.69, 9.17) is 26.8 Å². The first kappa shape index (κ1) is 22.8. The van der Waals surface area contributed by atoms with Gasteiger partial charge in [0.1, 0.15) is 17.3 Å². The van der Waals surface area contributed by atoms with Crippen molar-refractivity contribution in [2.45, 2.75) is 39.0 Å². The monoisotopic (exact) mass is 463 g/mol. The van der Waals surface area contributed by atoms with Crippen LogP contribution < -0.4 is 20.1 Å². The van der Waals surface area contributed by atoms with Crippen LogP contribution in [0.1, 0.15) is 44.6 Å². The van der Waals surface area contributed by atoms with Crippen LogP contribution in [0.2, 0.25) is 5.02 Å². The molecule has 1 aliphatic heterocycles. The van der Waals surface area contributed by atoms with Gasteiger partial charge in [0.25, 0.3) is 0 Å². The van der Waals surface area contributed by atoms with Gasteiger partial charge in [-0.1, -0.05) is 11.6 Å². The van der Waals surface area contributed by atoms with Crippen LogP contribution in [-0.2, 0) is 4.79 Å². The second-order valence-corrected chi connectivity index (χ2v) is 8.29. The summed E-state index contributed by atoms with van der Waals surface area (Å²) in [6.07, 6.45) is 1.83. The number of Topliss-reactive ketones (excluding diaryl/α,β-unsaturated/α-hetero) is 1. The van der Waals surface area contributed by atoms with Crippen molar-refractivity contribution in [3.8, 4) is 17.6 Å². The average Bonchev–Trinajstić information content (AvgIpc) is 2.81. The summed E-state index contributed by atoms with van der Waals surface area (Å²) in [5.41, 5.74) is 9.84. The molecule has 0 aromatic heterocycles. The summed E-state index contributed by atoms with van der Waals surface area (Å²) in [6, 6.07) is 15.0. The molecule has 2 aromatic carbocycles. The van der Waals surface area contributed by atoms with Crippen LogP contribution in [0.5, 0.6) is 11.5 Å². The first-order valence-electron chi connectivity index (χ1n) is 11.1. The molecular weight excluding hydrogens is 438 g/mol. The Balaban J connectivity index is 1.97. The fourth-order valence-corrected chi connectivity index (χ4v) is 4.70. The lowest BCUT2D eigenvalue weighted by molar-refractivity contribution is -0.116. The SMILES string of the molecule is CCOc1ccc(OCC)c(C2C(C#N)=C(N)N(c3ccc(Cl)cc3)C3=C2C(=O)CCC3)c1. The van der Waals surface area contributed by atoms with Gasteiger partial charge in [-0.05, 0) is 69.2 Å². The number of hydrogen-bond acceptors (Lipinski definition) is 6. The third-order valence-electron chi connectivity index (χ3n) is 5.90. The zero-order chi connectivity index (χ0) is 23.5. The summed E-state index contributed by atoms with van der Waals surface area (Å²) in [4.78, 5) is 15.2. The highest BCUT2D eigenvalue weighted by Gasteiger charge is 2.41. The van der Waals surface area contributed by atoms with Gasteiger partial charge < -0.3 is 15.2 Å². The molecule has 170 valence electrons. The number of ether oxygens (including phenoxy) is 2. The molecule has 1 heterocycles. The number of halogens is 1. The third kappa shape index (κ3) is 4.17. The molecule has 0 spiro atoms. The molecule has 0 saturated carbocycles. The van der Waals surface area contributed by atoms with E-state index in [1.807, 2.05) is 49.1 Å². The fraction of sp³-hybridized carbons (Fsp3) is 0.308. The van der Waals surface area contributed by atoms with Crippen molar-refractivity contribution in [3.63, 3.8) is 0 Å². The van der Waals surface area contributed by atoms with E-state index >= 15 is 0 Å². The van der Waals surface area contributed by atoms with E-state index in [2.05, 4.69) is 6.07 Å². The van der Waals surface area contributed by atoms with Crippen LogP contribution >= 0.6 is 11.6 Å². The molecule has 7 heteroatoms. The van der Waals surface area contributed by atoms with Gasteiger partial charge in [0, 0.05) is 34.0 Å². The van der Waals surface area contributed by atoms with Crippen molar-refractivity contribution < 1.29 is 14.3 Å². The Hall–Kier alpha value is -3.43. The van der Waals surface area contributed by atoms with Gasteiger partial charge >= 0.3 is 0 Å².